The number of carbonyl (C=O) groups excluding carboxylic acids is 2. The van der Waals surface area contributed by atoms with Gasteiger partial charge in [-0.1, -0.05) is 32.0 Å². The van der Waals surface area contributed by atoms with E-state index in [-0.39, 0.29) is 29.7 Å². The Kier molecular flexibility index (Phi) is 3.11. The van der Waals surface area contributed by atoms with Crippen LogP contribution >= 0.6 is 0 Å². The van der Waals surface area contributed by atoms with Crippen molar-refractivity contribution in [3.8, 4) is 0 Å². The van der Waals surface area contributed by atoms with Crippen LogP contribution in [0.25, 0.3) is 0 Å². The van der Waals surface area contributed by atoms with Crippen LogP contribution in [-0.2, 0) is 9.59 Å². The molecule has 1 heterocycles. The lowest BCUT2D eigenvalue weighted by molar-refractivity contribution is -0.142. The molecular formula is C14H18N2O2. The molecule has 2 N–H and O–H groups in total. The van der Waals surface area contributed by atoms with Gasteiger partial charge in [0, 0.05) is 17.5 Å². The van der Waals surface area contributed by atoms with Gasteiger partial charge in [0.05, 0.1) is 6.04 Å². The first-order valence-corrected chi connectivity index (χ1v) is 6.16. The predicted octanol–water partition coefficient (Wildman–Crippen LogP) is 1.97. The standard InChI is InChI=1S/C14H18N2O2/c1-8-9(2)14(18)16(13(8)17)10(3)11-6-4-5-7-12(11)15/h4-10H,15H2,1-3H3. The molecule has 96 valence electrons. The average molecular weight is 246 g/mol. The summed E-state index contributed by atoms with van der Waals surface area (Å²) in [4.78, 5) is 25.6. The first-order chi connectivity index (χ1) is 8.45. The van der Waals surface area contributed by atoms with Crippen LogP contribution in [0.2, 0.25) is 0 Å². The molecule has 0 bridgehead atoms. The molecule has 1 aromatic carbocycles. The fourth-order valence-corrected chi connectivity index (χ4v) is 2.39. The first kappa shape index (κ1) is 12.6. The monoisotopic (exact) mass is 246 g/mol. The number of amides is 2. The normalized spacial score (nSPS) is 25.6. The maximum absolute atomic E-state index is 12.1. The topological polar surface area (TPSA) is 63.4 Å². The van der Waals surface area contributed by atoms with Crippen molar-refractivity contribution >= 4 is 17.5 Å². The molecular weight excluding hydrogens is 228 g/mol. The highest BCUT2D eigenvalue weighted by molar-refractivity contribution is 6.05. The Bertz CT molecular complexity index is 478. The second-order valence-corrected chi connectivity index (χ2v) is 4.93. The summed E-state index contributed by atoms with van der Waals surface area (Å²) in [6, 6.07) is 7.03. The minimum Gasteiger partial charge on any atom is -0.398 e. The summed E-state index contributed by atoms with van der Waals surface area (Å²) in [5, 5.41) is 0. The van der Waals surface area contributed by atoms with Crippen LogP contribution in [0.4, 0.5) is 5.69 Å². The lowest BCUT2D eigenvalue weighted by atomic mass is 10.00. The number of hydrogen-bond acceptors (Lipinski definition) is 3. The molecule has 4 nitrogen and oxygen atoms in total. The summed E-state index contributed by atoms with van der Waals surface area (Å²) < 4.78 is 0. The predicted molar refractivity (Wildman–Crippen MR) is 69.5 cm³/mol. The molecule has 0 aromatic heterocycles. The summed E-state index contributed by atoms with van der Waals surface area (Å²) in [6.45, 7) is 5.43. The van der Waals surface area contributed by atoms with E-state index in [2.05, 4.69) is 0 Å². The number of likely N-dealkylation sites (tertiary alicyclic amines) is 1. The lowest BCUT2D eigenvalue weighted by Crippen LogP contribution is -2.33. The second-order valence-electron chi connectivity index (χ2n) is 4.93. The van der Waals surface area contributed by atoms with Crippen LogP contribution in [0.3, 0.4) is 0 Å². The Balaban J connectivity index is 2.36. The maximum atomic E-state index is 12.1. The smallest absolute Gasteiger partial charge is 0.233 e. The van der Waals surface area contributed by atoms with Crippen molar-refractivity contribution in [3.05, 3.63) is 29.8 Å². The van der Waals surface area contributed by atoms with Crippen LogP contribution in [0.15, 0.2) is 24.3 Å². The van der Waals surface area contributed by atoms with Crippen molar-refractivity contribution in [2.75, 3.05) is 5.73 Å². The van der Waals surface area contributed by atoms with Crippen LogP contribution < -0.4 is 5.73 Å². The number of nitrogen functional groups attached to an aromatic ring is 1. The van der Waals surface area contributed by atoms with E-state index >= 15 is 0 Å². The van der Waals surface area contributed by atoms with E-state index in [9.17, 15) is 9.59 Å². The molecule has 1 aliphatic heterocycles. The Morgan fingerprint density at radius 3 is 2.11 bits per heavy atom. The third kappa shape index (κ3) is 1.78. The molecule has 0 spiro atoms. The summed E-state index contributed by atoms with van der Waals surface area (Å²) in [7, 11) is 0. The van der Waals surface area contributed by atoms with E-state index in [0.29, 0.717) is 5.69 Å². The molecule has 1 aromatic rings. The molecule has 0 saturated carbocycles. The molecule has 1 saturated heterocycles. The van der Waals surface area contributed by atoms with Crippen LogP contribution in [0.1, 0.15) is 32.4 Å². The van der Waals surface area contributed by atoms with Crippen molar-refractivity contribution in [2.24, 2.45) is 11.8 Å². The average Bonchev–Trinajstić information content (AvgIpc) is 2.54. The Morgan fingerprint density at radius 1 is 1.11 bits per heavy atom. The van der Waals surface area contributed by atoms with E-state index < -0.39 is 0 Å². The first-order valence-electron chi connectivity index (χ1n) is 6.16. The van der Waals surface area contributed by atoms with Gasteiger partial charge >= 0.3 is 0 Å². The zero-order valence-electron chi connectivity index (χ0n) is 10.9. The SMILES string of the molecule is CC1C(=O)N(C(C)c2ccccc2N)C(=O)C1C. The molecule has 1 fully saturated rings. The third-order valence-corrected chi connectivity index (χ3v) is 3.84. The third-order valence-electron chi connectivity index (χ3n) is 3.84. The van der Waals surface area contributed by atoms with Gasteiger partial charge < -0.3 is 5.73 Å². The van der Waals surface area contributed by atoms with Gasteiger partial charge in [-0.05, 0) is 18.6 Å². The fourth-order valence-electron chi connectivity index (χ4n) is 2.39. The van der Waals surface area contributed by atoms with E-state index in [0.717, 1.165) is 5.56 Å². The molecule has 2 amide bonds. The number of anilines is 1. The number of nitrogens with two attached hydrogens (primary N) is 1. The summed E-state index contributed by atoms with van der Waals surface area (Å²) in [5.41, 5.74) is 7.33. The number of nitrogens with zero attached hydrogens (tertiary/aromatic N) is 1. The van der Waals surface area contributed by atoms with E-state index in [1.807, 2.05) is 25.1 Å². The van der Waals surface area contributed by atoms with E-state index in [4.69, 9.17) is 5.73 Å². The molecule has 18 heavy (non-hydrogen) atoms. The van der Waals surface area contributed by atoms with Crippen molar-refractivity contribution in [1.82, 2.24) is 4.90 Å². The number of rotatable bonds is 2. The van der Waals surface area contributed by atoms with Gasteiger partial charge in [0.2, 0.25) is 11.8 Å². The molecule has 0 aliphatic carbocycles. The molecule has 3 atom stereocenters. The highest BCUT2D eigenvalue weighted by Crippen LogP contribution is 2.34. The zero-order valence-corrected chi connectivity index (χ0v) is 10.9. The fraction of sp³-hybridized carbons (Fsp3) is 0.429. The van der Waals surface area contributed by atoms with Gasteiger partial charge in [0.25, 0.3) is 0 Å². The van der Waals surface area contributed by atoms with Crippen molar-refractivity contribution in [2.45, 2.75) is 26.8 Å². The second kappa shape index (κ2) is 4.44. The Morgan fingerprint density at radius 2 is 1.61 bits per heavy atom. The van der Waals surface area contributed by atoms with Crippen molar-refractivity contribution < 1.29 is 9.59 Å². The van der Waals surface area contributed by atoms with Gasteiger partial charge in [-0.3, -0.25) is 14.5 Å². The Labute approximate surface area is 107 Å². The van der Waals surface area contributed by atoms with Gasteiger partial charge in [-0.15, -0.1) is 0 Å². The van der Waals surface area contributed by atoms with E-state index in [1.165, 1.54) is 4.90 Å². The largest absolute Gasteiger partial charge is 0.398 e. The Hall–Kier alpha value is -1.84. The van der Waals surface area contributed by atoms with Crippen LogP contribution in [0, 0.1) is 11.8 Å². The molecule has 1 aliphatic rings. The number of imide groups is 1. The van der Waals surface area contributed by atoms with Crippen molar-refractivity contribution in [3.63, 3.8) is 0 Å². The molecule has 3 unspecified atom stereocenters. The lowest BCUT2D eigenvalue weighted by Gasteiger charge is -2.24. The summed E-state index contributed by atoms with van der Waals surface area (Å²) >= 11 is 0. The maximum Gasteiger partial charge on any atom is 0.233 e. The molecule has 2 rings (SSSR count). The minimum atomic E-state index is -0.307. The van der Waals surface area contributed by atoms with Gasteiger partial charge in [0.15, 0.2) is 0 Å². The van der Waals surface area contributed by atoms with Gasteiger partial charge in [-0.25, -0.2) is 0 Å². The van der Waals surface area contributed by atoms with Crippen molar-refractivity contribution in [1.29, 1.82) is 0 Å². The zero-order chi connectivity index (χ0) is 13.4. The van der Waals surface area contributed by atoms with E-state index in [1.54, 1.807) is 19.9 Å². The number of para-hydroxylation sites is 1. The quantitative estimate of drug-likeness (QED) is 0.641. The van der Waals surface area contributed by atoms with Crippen LogP contribution in [-0.4, -0.2) is 16.7 Å². The minimum absolute atomic E-state index is 0.108. The highest BCUT2D eigenvalue weighted by atomic mass is 16.2. The van der Waals surface area contributed by atoms with Crippen LogP contribution in [0.5, 0.6) is 0 Å². The summed E-state index contributed by atoms with van der Waals surface area (Å²) in [5.74, 6) is -0.707. The summed E-state index contributed by atoms with van der Waals surface area (Å²) in [6.07, 6.45) is 0. The van der Waals surface area contributed by atoms with Gasteiger partial charge in [-0.2, -0.15) is 0 Å². The molecule has 4 heteroatoms. The number of hydrogen-bond donors (Lipinski definition) is 1. The number of benzene rings is 1. The highest BCUT2D eigenvalue weighted by Gasteiger charge is 2.44. The molecule has 0 radical (unpaired) electrons. The number of carbonyl (C=O) groups is 2. The van der Waals surface area contributed by atoms with Gasteiger partial charge in [0.1, 0.15) is 0 Å².